The van der Waals surface area contributed by atoms with Crippen LogP contribution in [0.2, 0.25) is 0 Å². The van der Waals surface area contributed by atoms with E-state index < -0.39 is 0 Å². The minimum absolute atomic E-state index is 0.131. The highest BCUT2D eigenvalue weighted by molar-refractivity contribution is 6.03. The van der Waals surface area contributed by atoms with Crippen LogP contribution in [0.3, 0.4) is 0 Å². The summed E-state index contributed by atoms with van der Waals surface area (Å²) in [5.74, 6) is 0.131. The lowest BCUT2D eigenvalue weighted by atomic mass is 10.0. The third-order valence-corrected chi connectivity index (χ3v) is 4.37. The van der Waals surface area contributed by atoms with Gasteiger partial charge < -0.3 is 10.2 Å². The number of hydrogen-bond donors (Lipinski definition) is 2. The summed E-state index contributed by atoms with van der Waals surface area (Å²) < 4.78 is 0. The Morgan fingerprint density at radius 2 is 1.86 bits per heavy atom. The summed E-state index contributed by atoms with van der Waals surface area (Å²) in [5.41, 5.74) is 2.09. The molecular formula is C18H23N2O+. The van der Waals surface area contributed by atoms with Crippen LogP contribution in [-0.2, 0) is 4.79 Å². The molecule has 3 heteroatoms. The van der Waals surface area contributed by atoms with Gasteiger partial charge in [0.2, 0.25) is 0 Å². The number of piperidine rings is 1. The van der Waals surface area contributed by atoms with E-state index in [2.05, 4.69) is 36.5 Å². The summed E-state index contributed by atoms with van der Waals surface area (Å²) in [6.45, 7) is 4.89. The van der Waals surface area contributed by atoms with E-state index in [0.29, 0.717) is 6.54 Å². The number of carbonyl (C=O) groups is 1. The third kappa shape index (κ3) is 3.24. The zero-order valence-electron chi connectivity index (χ0n) is 12.6. The van der Waals surface area contributed by atoms with E-state index in [1.165, 1.54) is 29.5 Å². The zero-order valence-corrected chi connectivity index (χ0v) is 12.6. The number of carbonyl (C=O) groups excluding carboxylic acids is 1. The highest BCUT2D eigenvalue weighted by atomic mass is 16.2. The van der Waals surface area contributed by atoms with Gasteiger partial charge in [-0.15, -0.1) is 0 Å². The predicted octanol–water partition coefficient (Wildman–Crippen LogP) is 2.16. The molecule has 2 N–H and O–H groups in total. The molecule has 0 aliphatic carbocycles. The lowest BCUT2D eigenvalue weighted by Gasteiger charge is -2.23. The molecule has 0 spiro atoms. The zero-order chi connectivity index (χ0) is 14.7. The molecule has 1 saturated heterocycles. The molecule has 0 unspecified atom stereocenters. The van der Waals surface area contributed by atoms with E-state index in [1.807, 2.05) is 12.1 Å². The predicted molar refractivity (Wildman–Crippen MR) is 86.7 cm³/mol. The second-order valence-corrected chi connectivity index (χ2v) is 6.01. The molecule has 3 nitrogen and oxygen atoms in total. The lowest BCUT2D eigenvalue weighted by Crippen LogP contribution is -3.13. The van der Waals surface area contributed by atoms with Crippen molar-refractivity contribution in [3.05, 3.63) is 42.0 Å². The number of hydrogen-bond acceptors (Lipinski definition) is 1. The fourth-order valence-electron chi connectivity index (χ4n) is 3.19. The van der Waals surface area contributed by atoms with Gasteiger partial charge in [0.05, 0.1) is 18.8 Å². The van der Waals surface area contributed by atoms with Crippen molar-refractivity contribution in [1.29, 1.82) is 0 Å². The number of anilines is 1. The third-order valence-electron chi connectivity index (χ3n) is 4.37. The molecule has 0 aromatic heterocycles. The fourth-order valence-corrected chi connectivity index (χ4v) is 3.19. The van der Waals surface area contributed by atoms with Gasteiger partial charge in [0.1, 0.15) is 0 Å². The number of fused-ring (bicyclic) bond motifs is 1. The summed E-state index contributed by atoms with van der Waals surface area (Å²) in [6, 6.07) is 12.4. The molecule has 2 aromatic rings. The summed E-state index contributed by atoms with van der Waals surface area (Å²) in [7, 11) is 0. The van der Waals surface area contributed by atoms with E-state index in [4.69, 9.17) is 0 Å². The standard InChI is InChI=1S/C18H22N2O/c1-14-9-10-15-7-3-4-8-16(15)18(14)19-17(21)13-20-11-5-2-6-12-20/h3-4,7-10H,2,5-6,11-13H2,1H3,(H,19,21)/p+1. The first-order valence-electron chi connectivity index (χ1n) is 7.86. The van der Waals surface area contributed by atoms with Crippen LogP contribution in [0.4, 0.5) is 5.69 Å². The van der Waals surface area contributed by atoms with Crippen molar-refractivity contribution in [3.63, 3.8) is 0 Å². The topological polar surface area (TPSA) is 33.5 Å². The maximum Gasteiger partial charge on any atom is 0.279 e. The van der Waals surface area contributed by atoms with Crippen LogP contribution in [0.1, 0.15) is 24.8 Å². The molecule has 21 heavy (non-hydrogen) atoms. The Labute approximate surface area is 125 Å². The van der Waals surface area contributed by atoms with Crippen LogP contribution in [0.15, 0.2) is 36.4 Å². The van der Waals surface area contributed by atoms with Crippen LogP contribution in [0.25, 0.3) is 10.8 Å². The van der Waals surface area contributed by atoms with Crippen LogP contribution in [0, 0.1) is 6.92 Å². The quantitative estimate of drug-likeness (QED) is 0.889. The molecule has 110 valence electrons. The average Bonchev–Trinajstić information content (AvgIpc) is 2.51. The van der Waals surface area contributed by atoms with Crippen molar-refractivity contribution in [2.24, 2.45) is 0 Å². The Balaban J connectivity index is 1.77. The van der Waals surface area contributed by atoms with Crippen LogP contribution >= 0.6 is 0 Å². The van der Waals surface area contributed by atoms with Crippen molar-refractivity contribution >= 4 is 22.4 Å². The average molecular weight is 283 g/mol. The summed E-state index contributed by atoms with van der Waals surface area (Å²) in [6.07, 6.45) is 3.80. The van der Waals surface area contributed by atoms with Gasteiger partial charge in [0.25, 0.3) is 5.91 Å². The largest absolute Gasteiger partial charge is 0.327 e. The van der Waals surface area contributed by atoms with Crippen molar-refractivity contribution in [2.45, 2.75) is 26.2 Å². The van der Waals surface area contributed by atoms with Gasteiger partial charge in [-0.3, -0.25) is 4.79 Å². The molecule has 0 bridgehead atoms. The number of nitrogens with one attached hydrogen (secondary N) is 2. The second-order valence-electron chi connectivity index (χ2n) is 6.01. The fraction of sp³-hybridized carbons (Fsp3) is 0.389. The summed E-state index contributed by atoms with van der Waals surface area (Å²) >= 11 is 0. The molecule has 1 heterocycles. The van der Waals surface area contributed by atoms with E-state index in [9.17, 15) is 4.79 Å². The molecule has 1 fully saturated rings. The monoisotopic (exact) mass is 283 g/mol. The smallest absolute Gasteiger partial charge is 0.279 e. The minimum Gasteiger partial charge on any atom is -0.327 e. The van der Waals surface area contributed by atoms with E-state index in [1.54, 1.807) is 0 Å². The van der Waals surface area contributed by atoms with Gasteiger partial charge in [0.15, 0.2) is 6.54 Å². The van der Waals surface area contributed by atoms with Crippen LogP contribution in [0.5, 0.6) is 0 Å². The van der Waals surface area contributed by atoms with Gasteiger partial charge >= 0.3 is 0 Å². The van der Waals surface area contributed by atoms with Crippen LogP contribution < -0.4 is 10.2 Å². The Kier molecular flexibility index (Phi) is 4.20. The van der Waals surface area contributed by atoms with Crippen molar-refractivity contribution in [3.8, 4) is 0 Å². The second kappa shape index (κ2) is 6.27. The molecule has 2 aromatic carbocycles. The molecular weight excluding hydrogens is 260 g/mol. The Hall–Kier alpha value is -1.87. The normalized spacial score (nSPS) is 16.0. The maximum atomic E-state index is 12.3. The SMILES string of the molecule is Cc1ccc2ccccc2c1NC(=O)C[NH+]1CCCCC1. The van der Waals surface area contributed by atoms with Gasteiger partial charge in [-0.05, 0) is 37.1 Å². The first kappa shape index (κ1) is 14.1. The minimum atomic E-state index is 0.131. The molecule has 1 amide bonds. The highest BCUT2D eigenvalue weighted by Crippen LogP contribution is 2.26. The Morgan fingerprint density at radius 3 is 2.67 bits per heavy atom. The molecule has 0 radical (unpaired) electrons. The number of benzene rings is 2. The van der Waals surface area contributed by atoms with Gasteiger partial charge in [-0.1, -0.05) is 36.4 Å². The van der Waals surface area contributed by atoms with Gasteiger partial charge in [-0.25, -0.2) is 0 Å². The van der Waals surface area contributed by atoms with E-state index >= 15 is 0 Å². The number of amides is 1. The van der Waals surface area contributed by atoms with E-state index in [0.717, 1.165) is 29.7 Å². The summed E-state index contributed by atoms with van der Waals surface area (Å²) in [4.78, 5) is 13.8. The van der Waals surface area contributed by atoms with Gasteiger partial charge in [-0.2, -0.15) is 0 Å². The van der Waals surface area contributed by atoms with Crippen molar-refractivity contribution in [2.75, 3.05) is 25.0 Å². The van der Waals surface area contributed by atoms with Crippen molar-refractivity contribution in [1.82, 2.24) is 0 Å². The van der Waals surface area contributed by atoms with E-state index in [-0.39, 0.29) is 5.91 Å². The molecule has 0 atom stereocenters. The first-order chi connectivity index (χ1) is 10.2. The summed E-state index contributed by atoms with van der Waals surface area (Å²) in [5, 5.41) is 5.44. The molecule has 1 aliphatic heterocycles. The molecule has 1 aliphatic rings. The maximum absolute atomic E-state index is 12.3. The lowest BCUT2D eigenvalue weighted by molar-refractivity contribution is -0.896. The number of aryl methyl sites for hydroxylation is 1. The van der Waals surface area contributed by atoms with Crippen LogP contribution in [-0.4, -0.2) is 25.5 Å². The molecule has 0 saturated carbocycles. The Morgan fingerprint density at radius 1 is 1.10 bits per heavy atom. The highest BCUT2D eigenvalue weighted by Gasteiger charge is 2.18. The van der Waals surface area contributed by atoms with Gasteiger partial charge in [0, 0.05) is 5.39 Å². The Bertz CT molecular complexity index is 645. The first-order valence-corrected chi connectivity index (χ1v) is 7.86. The number of quaternary nitrogens is 1. The van der Waals surface area contributed by atoms with Crippen molar-refractivity contribution < 1.29 is 9.69 Å². The molecule has 3 rings (SSSR count). The number of rotatable bonds is 3. The number of likely N-dealkylation sites (tertiary alicyclic amines) is 1.